The van der Waals surface area contributed by atoms with E-state index in [1.807, 2.05) is 6.92 Å². The SMILES string of the molecule is CCC(O)CNCC(C)C. The minimum absolute atomic E-state index is 0.168. The highest BCUT2D eigenvalue weighted by atomic mass is 16.3. The van der Waals surface area contributed by atoms with Crippen LogP contribution in [0.1, 0.15) is 27.2 Å². The van der Waals surface area contributed by atoms with E-state index < -0.39 is 0 Å². The zero-order valence-electron chi connectivity index (χ0n) is 7.22. The van der Waals surface area contributed by atoms with Crippen molar-refractivity contribution in [2.75, 3.05) is 13.1 Å². The molecule has 2 heteroatoms. The van der Waals surface area contributed by atoms with E-state index in [0.29, 0.717) is 5.92 Å². The molecular weight excluding hydrogens is 126 g/mol. The van der Waals surface area contributed by atoms with Gasteiger partial charge < -0.3 is 10.4 Å². The highest BCUT2D eigenvalue weighted by Gasteiger charge is 1.99. The molecule has 0 fully saturated rings. The van der Waals surface area contributed by atoms with Crippen LogP contribution in [0.2, 0.25) is 0 Å². The van der Waals surface area contributed by atoms with Gasteiger partial charge >= 0.3 is 0 Å². The van der Waals surface area contributed by atoms with E-state index in [1.165, 1.54) is 0 Å². The van der Waals surface area contributed by atoms with Gasteiger partial charge in [0, 0.05) is 6.54 Å². The highest BCUT2D eigenvalue weighted by molar-refractivity contribution is 4.57. The number of aliphatic hydroxyl groups is 1. The number of aliphatic hydroxyl groups excluding tert-OH is 1. The van der Waals surface area contributed by atoms with Crippen LogP contribution in [0, 0.1) is 5.92 Å². The first-order chi connectivity index (χ1) is 4.66. The van der Waals surface area contributed by atoms with Crippen molar-refractivity contribution in [3.05, 3.63) is 0 Å². The van der Waals surface area contributed by atoms with Crippen molar-refractivity contribution in [3.8, 4) is 0 Å². The minimum atomic E-state index is -0.168. The van der Waals surface area contributed by atoms with E-state index in [-0.39, 0.29) is 6.10 Å². The van der Waals surface area contributed by atoms with Crippen molar-refractivity contribution in [2.24, 2.45) is 5.92 Å². The second-order valence-corrected chi connectivity index (χ2v) is 3.11. The van der Waals surface area contributed by atoms with Gasteiger partial charge in [0.05, 0.1) is 6.10 Å². The number of nitrogens with one attached hydrogen (secondary N) is 1. The molecule has 0 saturated heterocycles. The Bertz CT molecular complexity index is 73.7. The Labute approximate surface area is 63.6 Å². The maximum atomic E-state index is 9.11. The molecule has 0 spiro atoms. The average Bonchev–Trinajstić information content (AvgIpc) is 1.87. The standard InChI is InChI=1S/C8H19NO/c1-4-8(10)6-9-5-7(2)3/h7-10H,4-6H2,1-3H3. The third-order valence-electron chi connectivity index (χ3n) is 1.40. The molecule has 0 aromatic carbocycles. The fraction of sp³-hybridized carbons (Fsp3) is 1.00. The Morgan fingerprint density at radius 2 is 1.90 bits per heavy atom. The first-order valence-corrected chi connectivity index (χ1v) is 4.05. The van der Waals surface area contributed by atoms with E-state index >= 15 is 0 Å². The van der Waals surface area contributed by atoms with Gasteiger partial charge in [-0.2, -0.15) is 0 Å². The van der Waals surface area contributed by atoms with Crippen LogP contribution < -0.4 is 5.32 Å². The molecule has 0 aliphatic rings. The summed E-state index contributed by atoms with van der Waals surface area (Å²) in [6.07, 6.45) is 0.671. The predicted molar refractivity (Wildman–Crippen MR) is 44.0 cm³/mol. The summed E-state index contributed by atoms with van der Waals surface area (Å²) in [5, 5.41) is 12.3. The van der Waals surface area contributed by atoms with Crippen molar-refractivity contribution < 1.29 is 5.11 Å². The molecule has 0 aromatic heterocycles. The topological polar surface area (TPSA) is 32.3 Å². The second kappa shape index (κ2) is 5.69. The molecule has 0 amide bonds. The van der Waals surface area contributed by atoms with Gasteiger partial charge in [-0.15, -0.1) is 0 Å². The molecule has 2 nitrogen and oxygen atoms in total. The van der Waals surface area contributed by atoms with Crippen LogP contribution in [-0.4, -0.2) is 24.3 Å². The summed E-state index contributed by atoms with van der Waals surface area (Å²) in [6.45, 7) is 8.03. The van der Waals surface area contributed by atoms with E-state index in [2.05, 4.69) is 19.2 Å². The fourth-order valence-corrected chi connectivity index (χ4v) is 0.683. The summed E-state index contributed by atoms with van der Waals surface area (Å²) >= 11 is 0. The van der Waals surface area contributed by atoms with Gasteiger partial charge in [0.1, 0.15) is 0 Å². The second-order valence-electron chi connectivity index (χ2n) is 3.11. The van der Waals surface area contributed by atoms with Crippen LogP contribution in [-0.2, 0) is 0 Å². The van der Waals surface area contributed by atoms with Crippen LogP contribution in [0.25, 0.3) is 0 Å². The lowest BCUT2D eigenvalue weighted by Gasteiger charge is -2.10. The summed E-state index contributed by atoms with van der Waals surface area (Å²) in [4.78, 5) is 0. The summed E-state index contributed by atoms with van der Waals surface area (Å²) in [5.74, 6) is 0.670. The lowest BCUT2D eigenvalue weighted by molar-refractivity contribution is 0.166. The molecule has 0 aromatic rings. The molecule has 1 atom stereocenters. The molecule has 62 valence electrons. The first-order valence-electron chi connectivity index (χ1n) is 4.05. The Balaban J connectivity index is 3.03. The summed E-state index contributed by atoms with van der Waals surface area (Å²) in [5.41, 5.74) is 0. The number of hydrogen-bond donors (Lipinski definition) is 2. The van der Waals surface area contributed by atoms with Crippen LogP contribution >= 0.6 is 0 Å². The maximum Gasteiger partial charge on any atom is 0.0662 e. The fourth-order valence-electron chi connectivity index (χ4n) is 0.683. The predicted octanol–water partition coefficient (Wildman–Crippen LogP) is 1.00. The van der Waals surface area contributed by atoms with Crippen molar-refractivity contribution >= 4 is 0 Å². The largest absolute Gasteiger partial charge is 0.392 e. The normalized spacial score (nSPS) is 14.1. The van der Waals surface area contributed by atoms with Crippen molar-refractivity contribution in [1.29, 1.82) is 0 Å². The molecule has 0 heterocycles. The summed E-state index contributed by atoms with van der Waals surface area (Å²) in [7, 11) is 0. The maximum absolute atomic E-state index is 9.11. The van der Waals surface area contributed by atoms with Crippen LogP contribution in [0.15, 0.2) is 0 Å². The average molecular weight is 145 g/mol. The molecule has 2 N–H and O–H groups in total. The molecule has 0 saturated carbocycles. The zero-order valence-corrected chi connectivity index (χ0v) is 7.22. The molecule has 0 radical (unpaired) electrons. The van der Waals surface area contributed by atoms with E-state index in [4.69, 9.17) is 5.11 Å². The monoisotopic (exact) mass is 145 g/mol. The third kappa shape index (κ3) is 6.05. The van der Waals surface area contributed by atoms with Gasteiger partial charge in [-0.1, -0.05) is 20.8 Å². The van der Waals surface area contributed by atoms with Gasteiger partial charge in [-0.25, -0.2) is 0 Å². The molecule has 0 bridgehead atoms. The Morgan fingerprint density at radius 3 is 2.30 bits per heavy atom. The van der Waals surface area contributed by atoms with Crippen molar-refractivity contribution in [1.82, 2.24) is 5.32 Å². The highest BCUT2D eigenvalue weighted by Crippen LogP contribution is 1.89. The summed E-state index contributed by atoms with van der Waals surface area (Å²) < 4.78 is 0. The molecule has 0 rings (SSSR count). The summed E-state index contributed by atoms with van der Waals surface area (Å²) in [6, 6.07) is 0. The lowest BCUT2D eigenvalue weighted by Crippen LogP contribution is -2.29. The number of hydrogen-bond acceptors (Lipinski definition) is 2. The van der Waals surface area contributed by atoms with Crippen LogP contribution in [0.3, 0.4) is 0 Å². The smallest absolute Gasteiger partial charge is 0.0662 e. The Kier molecular flexibility index (Phi) is 5.64. The van der Waals surface area contributed by atoms with E-state index in [0.717, 1.165) is 19.5 Å². The lowest BCUT2D eigenvalue weighted by atomic mass is 10.2. The molecule has 0 aliphatic carbocycles. The molecule has 0 aliphatic heterocycles. The van der Waals surface area contributed by atoms with E-state index in [9.17, 15) is 0 Å². The minimum Gasteiger partial charge on any atom is -0.392 e. The van der Waals surface area contributed by atoms with Gasteiger partial charge in [0.25, 0.3) is 0 Å². The van der Waals surface area contributed by atoms with Crippen molar-refractivity contribution in [3.63, 3.8) is 0 Å². The van der Waals surface area contributed by atoms with E-state index in [1.54, 1.807) is 0 Å². The first kappa shape index (κ1) is 9.92. The molecule has 10 heavy (non-hydrogen) atoms. The Morgan fingerprint density at radius 1 is 1.30 bits per heavy atom. The van der Waals surface area contributed by atoms with Gasteiger partial charge in [0.15, 0.2) is 0 Å². The van der Waals surface area contributed by atoms with Crippen LogP contribution in [0.4, 0.5) is 0 Å². The molecular formula is C8H19NO. The zero-order chi connectivity index (χ0) is 7.98. The van der Waals surface area contributed by atoms with Gasteiger partial charge in [-0.05, 0) is 18.9 Å². The number of rotatable bonds is 5. The van der Waals surface area contributed by atoms with Crippen LogP contribution in [0.5, 0.6) is 0 Å². The quantitative estimate of drug-likeness (QED) is 0.605. The molecule has 1 unspecified atom stereocenters. The third-order valence-corrected chi connectivity index (χ3v) is 1.40. The van der Waals surface area contributed by atoms with Crippen molar-refractivity contribution in [2.45, 2.75) is 33.3 Å². The van der Waals surface area contributed by atoms with Gasteiger partial charge in [0.2, 0.25) is 0 Å². The van der Waals surface area contributed by atoms with Gasteiger partial charge in [-0.3, -0.25) is 0 Å². The Hall–Kier alpha value is -0.0800.